The third-order valence-corrected chi connectivity index (χ3v) is 3.85. The van der Waals surface area contributed by atoms with Crippen LogP contribution in [0, 0.1) is 21.7 Å². The normalized spacial score (nSPS) is 10.4. The molecule has 122 valence electrons. The van der Waals surface area contributed by atoms with E-state index in [0.29, 0.717) is 11.3 Å². The lowest BCUT2D eigenvalue weighted by Crippen LogP contribution is -2.00. The smallest absolute Gasteiger partial charge is 0.331 e. The van der Waals surface area contributed by atoms with E-state index in [1.807, 2.05) is 6.07 Å². The molecule has 0 amide bonds. The van der Waals surface area contributed by atoms with Gasteiger partial charge in [0.15, 0.2) is 6.61 Å². The van der Waals surface area contributed by atoms with E-state index in [0.717, 1.165) is 9.13 Å². The number of ether oxygens (including phenoxy) is 2. The molecule has 0 spiro atoms. The number of hydrogen-bond acceptors (Lipinski definition) is 3. The molecular weight excluding hydrogens is 422 g/mol. The van der Waals surface area contributed by atoms with Crippen molar-refractivity contribution in [1.29, 1.82) is 0 Å². The third-order valence-electron chi connectivity index (χ3n) is 3.01. The molecule has 0 aliphatic heterocycles. The molecule has 0 fully saturated rings. The summed E-state index contributed by atoms with van der Waals surface area (Å²) >= 11 is 2.12. The van der Waals surface area contributed by atoms with Crippen molar-refractivity contribution in [1.82, 2.24) is 0 Å². The summed E-state index contributed by atoms with van der Waals surface area (Å²) in [5.74, 6) is 2.08. The van der Waals surface area contributed by atoms with Crippen molar-refractivity contribution >= 4 is 34.6 Å². The van der Waals surface area contributed by atoms with Crippen LogP contribution in [0.5, 0.6) is 5.75 Å². The third kappa shape index (κ3) is 5.39. The molecular formula is C19H14FIO3. The first-order valence-corrected chi connectivity index (χ1v) is 8.12. The minimum absolute atomic E-state index is 0.0521. The van der Waals surface area contributed by atoms with Gasteiger partial charge in [-0.2, -0.15) is 0 Å². The quantitative estimate of drug-likeness (QED) is 0.295. The van der Waals surface area contributed by atoms with Crippen LogP contribution >= 0.6 is 22.6 Å². The van der Waals surface area contributed by atoms with E-state index in [2.05, 4.69) is 28.5 Å². The second kappa shape index (κ2) is 9.08. The molecule has 2 aromatic carbocycles. The van der Waals surface area contributed by atoms with E-state index in [-0.39, 0.29) is 19.0 Å². The van der Waals surface area contributed by atoms with E-state index < -0.39 is 5.97 Å². The van der Waals surface area contributed by atoms with Gasteiger partial charge < -0.3 is 9.47 Å². The Bertz CT molecular complexity index is 793. The number of terminal acetylenes is 1. The Kier molecular flexibility index (Phi) is 6.82. The molecule has 2 aromatic rings. The van der Waals surface area contributed by atoms with Crippen LogP contribution in [-0.2, 0) is 16.1 Å². The number of carbonyl (C=O) groups is 1. The molecule has 0 aliphatic rings. The Morgan fingerprint density at radius 2 is 2.08 bits per heavy atom. The van der Waals surface area contributed by atoms with Crippen LogP contribution in [0.2, 0.25) is 0 Å². The standard InChI is InChI=1S/C19H14FIO3/c1-2-11-23-19(22)10-8-14-7-9-18(17(21)12-14)24-13-15-5-3-4-6-16(15)20/h1,3-10,12H,11,13H2/b10-8+. The highest BCUT2D eigenvalue weighted by Crippen LogP contribution is 2.24. The van der Waals surface area contributed by atoms with Crippen molar-refractivity contribution in [3.8, 4) is 18.1 Å². The van der Waals surface area contributed by atoms with E-state index in [1.54, 1.807) is 36.4 Å². The summed E-state index contributed by atoms with van der Waals surface area (Å²) in [5.41, 5.74) is 1.31. The fourth-order valence-electron chi connectivity index (χ4n) is 1.83. The van der Waals surface area contributed by atoms with Crippen molar-refractivity contribution in [3.63, 3.8) is 0 Å². The average molecular weight is 436 g/mol. The SMILES string of the molecule is C#CCOC(=O)/C=C/c1ccc(OCc2ccccc2F)c(I)c1. The second-order valence-electron chi connectivity index (χ2n) is 4.72. The number of halogens is 2. The molecule has 24 heavy (non-hydrogen) atoms. The Hall–Kier alpha value is -2.33. The maximum Gasteiger partial charge on any atom is 0.331 e. The molecule has 2 rings (SSSR count). The van der Waals surface area contributed by atoms with Gasteiger partial charge in [-0.3, -0.25) is 0 Å². The van der Waals surface area contributed by atoms with Crippen molar-refractivity contribution in [2.75, 3.05) is 6.61 Å². The molecule has 0 atom stereocenters. The van der Waals surface area contributed by atoms with Gasteiger partial charge in [0.1, 0.15) is 18.2 Å². The fraction of sp³-hybridized carbons (Fsp3) is 0.105. The zero-order valence-corrected chi connectivity index (χ0v) is 14.8. The van der Waals surface area contributed by atoms with E-state index in [4.69, 9.17) is 15.9 Å². The second-order valence-corrected chi connectivity index (χ2v) is 5.88. The van der Waals surface area contributed by atoms with E-state index in [1.165, 1.54) is 12.1 Å². The molecule has 0 radical (unpaired) electrons. The fourth-order valence-corrected chi connectivity index (χ4v) is 2.53. The van der Waals surface area contributed by atoms with Gasteiger partial charge >= 0.3 is 5.97 Å². The van der Waals surface area contributed by atoms with Gasteiger partial charge in [0.25, 0.3) is 0 Å². The monoisotopic (exact) mass is 436 g/mol. The van der Waals surface area contributed by atoms with Crippen molar-refractivity contribution < 1.29 is 18.7 Å². The molecule has 0 aromatic heterocycles. The molecule has 0 unspecified atom stereocenters. The van der Waals surface area contributed by atoms with Crippen LogP contribution < -0.4 is 4.74 Å². The number of esters is 1. The van der Waals surface area contributed by atoms with Crippen LogP contribution in [0.4, 0.5) is 4.39 Å². The summed E-state index contributed by atoms with van der Waals surface area (Å²) in [6.45, 7) is 0.0970. The Balaban J connectivity index is 1.99. The largest absolute Gasteiger partial charge is 0.488 e. The van der Waals surface area contributed by atoms with Crippen molar-refractivity contribution in [2.24, 2.45) is 0 Å². The predicted octanol–water partition coefficient (Wildman–Crippen LogP) is 4.20. The minimum atomic E-state index is -0.497. The van der Waals surface area contributed by atoms with Gasteiger partial charge in [0.2, 0.25) is 0 Å². The summed E-state index contributed by atoms with van der Waals surface area (Å²) in [6, 6.07) is 11.9. The molecule has 0 saturated carbocycles. The van der Waals surface area contributed by atoms with Crippen LogP contribution in [-0.4, -0.2) is 12.6 Å². The Morgan fingerprint density at radius 3 is 2.79 bits per heavy atom. The predicted molar refractivity (Wildman–Crippen MR) is 98.7 cm³/mol. The highest BCUT2D eigenvalue weighted by molar-refractivity contribution is 14.1. The van der Waals surface area contributed by atoms with Crippen molar-refractivity contribution in [3.05, 3.63) is 69.1 Å². The summed E-state index contributed by atoms with van der Waals surface area (Å²) in [7, 11) is 0. The topological polar surface area (TPSA) is 35.5 Å². The average Bonchev–Trinajstić information content (AvgIpc) is 2.58. The van der Waals surface area contributed by atoms with Crippen LogP contribution in [0.3, 0.4) is 0 Å². The lowest BCUT2D eigenvalue weighted by atomic mass is 10.2. The first kappa shape index (κ1) is 18.0. The highest BCUT2D eigenvalue weighted by Gasteiger charge is 2.05. The number of rotatable bonds is 6. The lowest BCUT2D eigenvalue weighted by Gasteiger charge is -2.09. The zero-order valence-electron chi connectivity index (χ0n) is 12.7. The van der Waals surface area contributed by atoms with Gasteiger partial charge in [-0.1, -0.05) is 30.2 Å². The van der Waals surface area contributed by atoms with Crippen LogP contribution in [0.25, 0.3) is 6.08 Å². The Labute approximate surface area is 153 Å². The number of carbonyl (C=O) groups excluding carboxylic acids is 1. The zero-order chi connectivity index (χ0) is 17.4. The first-order chi connectivity index (χ1) is 11.6. The number of benzene rings is 2. The molecule has 3 nitrogen and oxygen atoms in total. The van der Waals surface area contributed by atoms with Crippen LogP contribution in [0.1, 0.15) is 11.1 Å². The maximum absolute atomic E-state index is 13.6. The van der Waals surface area contributed by atoms with E-state index in [9.17, 15) is 9.18 Å². The summed E-state index contributed by atoms with van der Waals surface area (Å²) in [5, 5.41) is 0. The first-order valence-electron chi connectivity index (χ1n) is 7.04. The summed E-state index contributed by atoms with van der Waals surface area (Å²) in [4.78, 5) is 11.4. The van der Waals surface area contributed by atoms with Gasteiger partial charge in [-0.25, -0.2) is 9.18 Å². The molecule has 0 bridgehead atoms. The molecule has 5 heteroatoms. The maximum atomic E-state index is 13.6. The lowest BCUT2D eigenvalue weighted by molar-refractivity contribution is -0.136. The van der Waals surface area contributed by atoms with Gasteiger partial charge in [0, 0.05) is 11.6 Å². The molecule has 0 heterocycles. The highest BCUT2D eigenvalue weighted by atomic mass is 127. The molecule has 0 aliphatic carbocycles. The van der Waals surface area contributed by atoms with E-state index >= 15 is 0 Å². The van der Waals surface area contributed by atoms with Gasteiger partial charge in [-0.15, -0.1) is 6.42 Å². The molecule has 0 N–H and O–H groups in total. The summed E-state index contributed by atoms with van der Waals surface area (Å²) < 4.78 is 24.8. The van der Waals surface area contributed by atoms with Crippen molar-refractivity contribution in [2.45, 2.75) is 6.61 Å². The Morgan fingerprint density at radius 1 is 1.29 bits per heavy atom. The van der Waals surface area contributed by atoms with Gasteiger partial charge in [0.05, 0.1) is 3.57 Å². The van der Waals surface area contributed by atoms with Crippen LogP contribution in [0.15, 0.2) is 48.5 Å². The summed E-state index contributed by atoms with van der Waals surface area (Å²) in [6.07, 6.45) is 7.95. The number of hydrogen-bond donors (Lipinski definition) is 0. The molecule has 0 saturated heterocycles. The minimum Gasteiger partial charge on any atom is -0.488 e. The van der Waals surface area contributed by atoms with Gasteiger partial charge in [-0.05, 0) is 52.4 Å².